The molecule has 0 N–H and O–H groups in total. The van der Waals surface area contributed by atoms with Gasteiger partial charge in [-0.15, -0.1) is 11.8 Å². The Kier molecular flexibility index (Phi) is 6.16. The van der Waals surface area contributed by atoms with Gasteiger partial charge in [0.25, 0.3) is 0 Å². The van der Waals surface area contributed by atoms with Gasteiger partial charge in [0, 0.05) is 26.3 Å². The molecule has 4 rings (SSSR count). The molecule has 0 aliphatic carbocycles. The number of hydrogen-bond acceptors (Lipinski definition) is 5. The minimum atomic E-state index is -1.05. The van der Waals surface area contributed by atoms with Crippen LogP contribution in [0.3, 0.4) is 0 Å². The summed E-state index contributed by atoms with van der Waals surface area (Å²) in [5.74, 6) is -0.327. The van der Waals surface area contributed by atoms with E-state index in [9.17, 15) is 0 Å². The molecule has 28 heavy (non-hydrogen) atoms. The minimum Gasteiger partial charge on any atom is -0.342 e. The van der Waals surface area contributed by atoms with Gasteiger partial charge in [-0.1, -0.05) is 40.9 Å². The number of benzene rings is 2. The van der Waals surface area contributed by atoms with Crippen LogP contribution >= 0.6 is 46.6 Å². The first-order valence-corrected chi connectivity index (χ1v) is 10.6. The standard InChI is InChI=1S/C19H16Cl3N3O2S/c20-13-1-4-16(5-2-13)28-9-15-8-26-19(27-15,10-25-12-23-11-24-25)17-6-3-14(21)7-18(17)22/h1-7,11-12,15H,8-10H2/t15-,19+/m0/s1. The Morgan fingerprint density at radius 1 is 1.11 bits per heavy atom. The van der Waals surface area contributed by atoms with Crippen LogP contribution in [0.25, 0.3) is 0 Å². The van der Waals surface area contributed by atoms with Crippen molar-refractivity contribution >= 4 is 46.6 Å². The third-order valence-electron chi connectivity index (χ3n) is 4.29. The second kappa shape index (κ2) is 8.61. The van der Waals surface area contributed by atoms with Crippen molar-refractivity contribution in [1.82, 2.24) is 14.8 Å². The van der Waals surface area contributed by atoms with Crippen molar-refractivity contribution in [3.05, 3.63) is 75.8 Å². The fourth-order valence-corrected chi connectivity index (χ4v) is 4.55. The molecular weight excluding hydrogens is 441 g/mol. The van der Waals surface area contributed by atoms with Crippen molar-refractivity contribution in [2.45, 2.75) is 23.3 Å². The quantitative estimate of drug-likeness (QED) is 0.471. The molecule has 5 nitrogen and oxygen atoms in total. The Balaban J connectivity index is 1.54. The Labute approximate surface area is 181 Å². The lowest BCUT2D eigenvalue weighted by molar-refractivity contribution is -0.186. The van der Waals surface area contributed by atoms with Gasteiger partial charge >= 0.3 is 0 Å². The minimum absolute atomic E-state index is 0.115. The van der Waals surface area contributed by atoms with Crippen LogP contribution in [0, 0.1) is 0 Å². The van der Waals surface area contributed by atoms with Gasteiger partial charge in [-0.3, -0.25) is 0 Å². The van der Waals surface area contributed by atoms with E-state index in [1.165, 1.54) is 6.33 Å². The molecule has 1 saturated heterocycles. The Bertz CT molecular complexity index is 940. The summed E-state index contributed by atoms with van der Waals surface area (Å²) in [7, 11) is 0. The SMILES string of the molecule is Clc1ccc(SC[C@@H]2CO[C@@](Cn3cncn3)(c3ccc(Cl)cc3Cl)O2)cc1. The number of halogens is 3. The first-order valence-electron chi connectivity index (χ1n) is 8.52. The number of thioether (sulfide) groups is 1. The van der Waals surface area contributed by atoms with Crippen LogP contribution in [0.1, 0.15) is 5.56 Å². The first kappa shape index (κ1) is 20.0. The first-order chi connectivity index (χ1) is 13.5. The van der Waals surface area contributed by atoms with Crippen molar-refractivity contribution in [2.24, 2.45) is 0 Å². The number of rotatable bonds is 6. The van der Waals surface area contributed by atoms with Crippen molar-refractivity contribution in [3.63, 3.8) is 0 Å². The second-order valence-corrected chi connectivity index (χ2v) is 8.66. The average molecular weight is 457 g/mol. The molecule has 2 aromatic carbocycles. The van der Waals surface area contributed by atoms with E-state index < -0.39 is 5.79 Å². The summed E-state index contributed by atoms with van der Waals surface area (Å²) >= 11 is 20.2. The molecule has 3 aromatic rings. The van der Waals surface area contributed by atoms with Gasteiger partial charge in [0.1, 0.15) is 19.2 Å². The van der Waals surface area contributed by atoms with Gasteiger partial charge in [0.05, 0.1) is 17.7 Å². The zero-order valence-electron chi connectivity index (χ0n) is 14.6. The largest absolute Gasteiger partial charge is 0.342 e. The molecule has 0 radical (unpaired) electrons. The topological polar surface area (TPSA) is 49.2 Å². The van der Waals surface area contributed by atoms with E-state index in [-0.39, 0.29) is 6.10 Å². The molecule has 0 bridgehead atoms. The van der Waals surface area contributed by atoms with Crippen LogP contribution in [0.5, 0.6) is 0 Å². The summed E-state index contributed by atoms with van der Waals surface area (Å²) < 4.78 is 14.2. The van der Waals surface area contributed by atoms with Crippen LogP contribution in [-0.2, 0) is 21.8 Å². The summed E-state index contributed by atoms with van der Waals surface area (Å²) in [6.07, 6.45) is 2.98. The highest BCUT2D eigenvalue weighted by atomic mass is 35.5. The molecule has 1 aliphatic heterocycles. The van der Waals surface area contributed by atoms with Gasteiger partial charge in [-0.2, -0.15) is 5.10 Å². The van der Waals surface area contributed by atoms with Crippen LogP contribution in [0.4, 0.5) is 0 Å². The van der Waals surface area contributed by atoms with Gasteiger partial charge in [0.15, 0.2) is 0 Å². The molecule has 0 unspecified atom stereocenters. The van der Waals surface area contributed by atoms with Crippen LogP contribution in [0.2, 0.25) is 15.1 Å². The highest BCUT2D eigenvalue weighted by Crippen LogP contribution is 2.41. The van der Waals surface area contributed by atoms with Crippen LogP contribution in [-0.4, -0.2) is 33.2 Å². The van der Waals surface area contributed by atoms with E-state index in [2.05, 4.69) is 10.1 Å². The maximum atomic E-state index is 6.47. The predicted octanol–water partition coefficient (Wildman–Crippen LogP) is 5.30. The number of nitrogens with zero attached hydrogens (tertiary/aromatic N) is 3. The fraction of sp³-hybridized carbons (Fsp3) is 0.263. The Hall–Kier alpha value is -1.28. The smallest absolute Gasteiger partial charge is 0.217 e. The summed E-state index contributed by atoms with van der Waals surface area (Å²) in [6.45, 7) is 0.769. The maximum absolute atomic E-state index is 6.47. The van der Waals surface area contributed by atoms with E-state index in [0.29, 0.717) is 33.8 Å². The van der Waals surface area contributed by atoms with E-state index in [4.69, 9.17) is 44.3 Å². The monoisotopic (exact) mass is 455 g/mol. The van der Waals surface area contributed by atoms with Crippen molar-refractivity contribution in [3.8, 4) is 0 Å². The molecule has 0 spiro atoms. The fourth-order valence-electron chi connectivity index (χ4n) is 3.00. The van der Waals surface area contributed by atoms with Gasteiger partial charge in [-0.25, -0.2) is 9.67 Å². The number of aromatic nitrogens is 3. The molecular formula is C19H16Cl3N3O2S. The molecule has 0 saturated carbocycles. The lowest BCUT2D eigenvalue weighted by Gasteiger charge is -2.29. The van der Waals surface area contributed by atoms with E-state index in [0.717, 1.165) is 10.6 Å². The third-order valence-corrected chi connectivity index (χ3v) is 6.23. The lowest BCUT2D eigenvalue weighted by Crippen LogP contribution is -2.34. The highest BCUT2D eigenvalue weighted by Gasteiger charge is 2.45. The van der Waals surface area contributed by atoms with Crippen LogP contribution < -0.4 is 0 Å². The maximum Gasteiger partial charge on any atom is 0.217 e. The zero-order valence-corrected chi connectivity index (χ0v) is 17.7. The molecule has 146 valence electrons. The molecule has 9 heteroatoms. The van der Waals surface area contributed by atoms with Gasteiger partial charge in [-0.05, 0) is 36.4 Å². The molecule has 0 amide bonds. The van der Waals surface area contributed by atoms with Crippen molar-refractivity contribution in [1.29, 1.82) is 0 Å². The van der Waals surface area contributed by atoms with E-state index in [1.807, 2.05) is 30.3 Å². The summed E-state index contributed by atoms with van der Waals surface area (Å²) in [5, 5.41) is 5.94. The Morgan fingerprint density at radius 2 is 1.89 bits per heavy atom. The molecule has 1 aliphatic rings. The summed E-state index contributed by atoms with van der Waals surface area (Å²) in [6, 6.07) is 13.0. The van der Waals surface area contributed by atoms with Gasteiger partial charge in [0.2, 0.25) is 5.79 Å². The second-order valence-electron chi connectivity index (χ2n) is 6.29. The van der Waals surface area contributed by atoms with Crippen LogP contribution in [0.15, 0.2) is 60.0 Å². The van der Waals surface area contributed by atoms with Crippen molar-refractivity contribution in [2.75, 3.05) is 12.4 Å². The molecule has 1 aromatic heterocycles. The highest BCUT2D eigenvalue weighted by molar-refractivity contribution is 7.99. The molecule has 2 heterocycles. The zero-order chi connectivity index (χ0) is 19.6. The van der Waals surface area contributed by atoms with E-state index in [1.54, 1.807) is 34.9 Å². The Morgan fingerprint density at radius 3 is 2.61 bits per heavy atom. The summed E-state index contributed by atoms with van der Waals surface area (Å²) in [4.78, 5) is 5.12. The average Bonchev–Trinajstić information content (AvgIpc) is 3.32. The third kappa shape index (κ3) is 4.48. The number of hydrogen-bond donors (Lipinski definition) is 0. The van der Waals surface area contributed by atoms with E-state index >= 15 is 0 Å². The molecule has 2 atom stereocenters. The van der Waals surface area contributed by atoms with Gasteiger partial charge < -0.3 is 9.47 Å². The summed E-state index contributed by atoms with van der Waals surface area (Å²) in [5.41, 5.74) is 0.716. The normalized spacial score (nSPS) is 21.9. The van der Waals surface area contributed by atoms with Crippen molar-refractivity contribution < 1.29 is 9.47 Å². The molecule has 1 fully saturated rings. The number of ether oxygens (including phenoxy) is 2. The predicted molar refractivity (Wildman–Crippen MR) is 111 cm³/mol. The lowest BCUT2D eigenvalue weighted by atomic mass is 10.1.